The molecule has 1 saturated carbocycles. The number of carbonyl (C=O) groups is 2. The average molecular weight is 332 g/mol. The molecule has 128 valence electrons. The highest BCUT2D eigenvalue weighted by Crippen LogP contribution is 2.46. The zero-order chi connectivity index (χ0) is 17.6. The maximum Gasteiger partial charge on any atom is 0.433 e. The minimum atomic E-state index is -4.69. The fourth-order valence-electron chi connectivity index (χ4n) is 3.22. The summed E-state index contributed by atoms with van der Waals surface area (Å²) >= 11 is 0. The van der Waals surface area contributed by atoms with Gasteiger partial charge in [-0.1, -0.05) is 6.92 Å². The van der Waals surface area contributed by atoms with Crippen LogP contribution in [0.2, 0.25) is 0 Å². The first-order chi connectivity index (χ1) is 10.5. The van der Waals surface area contributed by atoms with Crippen LogP contribution in [0, 0.1) is 11.3 Å². The van der Waals surface area contributed by atoms with Gasteiger partial charge in [-0.05, 0) is 39.0 Å². The molecule has 2 rings (SSSR count). The number of Topliss-reactive ketones (excluding diaryl/α,β-unsaturated/α-hetero) is 1. The molecule has 1 aromatic heterocycles. The van der Waals surface area contributed by atoms with Gasteiger partial charge in [0.1, 0.15) is 0 Å². The number of aromatic nitrogens is 2. The molecule has 0 spiro atoms. The summed E-state index contributed by atoms with van der Waals surface area (Å²) in [5.41, 5.74) is -2.44. The Morgan fingerprint density at radius 2 is 2.04 bits per heavy atom. The summed E-state index contributed by atoms with van der Waals surface area (Å²) < 4.78 is 40.8. The van der Waals surface area contributed by atoms with E-state index in [1.165, 1.54) is 0 Å². The predicted octanol–water partition coefficient (Wildman–Crippen LogP) is 3.56. The van der Waals surface area contributed by atoms with Crippen molar-refractivity contribution in [1.82, 2.24) is 9.78 Å². The number of nitrogens with zero attached hydrogens (tertiary/aromatic N) is 2. The van der Waals surface area contributed by atoms with Crippen molar-refractivity contribution >= 4 is 11.8 Å². The number of carbonyl (C=O) groups excluding carboxylic acids is 1. The highest BCUT2D eigenvalue weighted by Gasteiger charge is 2.46. The number of aliphatic carboxylic acids is 1. The van der Waals surface area contributed by atoms with E-state index in [9.17, 15) is 27.9 Å². The molecular weight excluding hydrogens is 313 g/mol. The van der Waals surface area contributed by atoms with Gasteiger partial charge in [0.25, 0.3) is 0 Å². The van der Waals surface area contributed by atoms with Gasteiger partial charge in [0.2, 0.25) is 0 Å². The topological polar surface area (TPSA) is 72.2 Å². The van der Waals surface area contributed by atoms with Gasteiger partial charge in [-0.2, -0.15) is 18.3 Å². The number of halogens is 3. The van der Waals surface area contributed by atoms with E-state index in [-0.39, 0.29) is 25.2 Å². The minimum absolute atomic E-state index is 0.265. The largest absolute Gasteiger partial charge is 0.481 e. The molecule has 1 heterocycles. The molecule has 0 saturated heterocycles. The summed E-state index contributed by atoms with van der Waals surface area (Å²) in [7, 11) is 0. The van der Waals surface area contributed by atoms with Crippen molar-refractivity contribution in [2.45, 2.75) is 52.3 Å². The lowest BCUT2D eigenvalue weighted by molar-refractivity contribution is -0.155. The van der Waals surface area contributed by atoms with E-state index in [0.717, 1.165) is 17.8 Å². The Morgan fingerprint density at radius 1 is 1.43 bits per heavy atom. The second-order valence-electron chi connectivity index (χ2n) is 6.46. The molecular formula is C15H19F3N2O3. The Morgan fingerprint density at radius 3 is 2.48 bits per heavy atom. The average Bonchev–Trinajstić information content (AvgIpc) is 2.86. The van der Waals surface area contributed by atoms with Gasteiger partial charge in [-0.25, -0.2) is 0 Å². The zero-order valence-electron chi connectivity index (χ0n) is 13.1. The number of carboxylic acids is 1. The Labute approximate surface area is 131 Å². The van der Waals surface area contributed by atoms with Crippen LogP contribution in [-0.2, 0) is 11.0 Å². The van der Waals surface area contributed by atoms with Crippen molar-refractivity contribution in [1.29, 1.82) is 0 Å². The molecule has 0 aliphatic heterocycles. The molecule has 1 aliphatic rings. The van der Waals surface area contributed by atoms with Crippen LogP contribution in [0.4, 0.5) is 13.2 Å². The first kappa shape index (κ1) is 17.5. The van der Waals surface area contributed by atoms with Crippen LogP contribution in [0.25, 0.3) is 0 Å². The van der Waals surface area contributed by atoms with Gasteiger partial charge in [-0.15, -0.1) is 0 Å². The van der Waals surface area contributed by atoms with Crippen molar-refractivity contribution in [3.8, 4) is 0 Å². The van der Waals surface area contributed by atoms with Crippen molar-refractivity contribution in [2.24, 2.45) is 11.3 Å². The van der Waals surface area contributed by atoms with E-state index < -0.39 is 40.6 Å². The van der Waals surface area contributed by atoms with Gasteiger partial charge < -0.3 is 5.11 Å². The molecule has 23 heavy (non-hydrogen) atoms. The maximum atomic E-state index is 13.3. The third-order valence-electron chi connectivity index (χ3n) is 4.99. The summed E-state index contributed by atoms with van der Waals surface area (Å²) in [6.45, 7) is 4.41. The number of hydrogen-bond acceptors (Lipinski definition) is 3. The van der Waals surface area contributed by atoms with Crippen LogP contribution in [0.1, 0.15) is 62.1 Å². The van der Waals surface area contributed by atoms with Crippen LogP contribution in [0.15, 0.2) is 6.20 Å². The molecule has 5 nitrogen and oxygen atoms in total. The quantitative estimate of drug-likeness (QED) is 0.859. The van der Waals surface area contributed by atoms with Crippen molar-refractivity contribution in [3.05, 3.63) is 17.5 Å². The standard InChI is InChI=1S/C15H19F3N2O3/c1-8-6-10(4-5-14(8,3)13(22)23)20-12(15(16,17)18)11(7-19-20)9(2)21/h7-8,10H,4-6H2,1-3H3,(H,22,23)/t8-,10+,14+/m1/s1. The van der Waals surface area contributed by atoms with Crippen LogP contribution in [0.5, 0.6) is 0 Å². The Balaban J connectivity index is 2.38. The zero-order valence-corrected chi connectivity index (χ0v) is 13.1. The smallest absolute Gasteiger partial charge is 0.433 e. The monoisotopic (exact) mass is 332 g/mol. The van der Waals surface area contributed by atoms with Gasteiger partial charge in [0, 0.05) is 0 Å². The Hall–Kier alpha value is -1.86. The van der Waals surface area contributed by atoms with Crippen LogP contribution >= 0.6 is 0 Å². The summed E-state index contributed by atoms with van der Waals surface area (Å²) in [6.07, 6.45) is -2.93. The summed E-state index contributed by atoms with van der Waals surface area (Å²) in [6, 6.07) is -0.567. The number of ketones is 1. The summed E-state index contributed by atoms with van der Waals surface area (Å²) in [4.78, 5) is 22.8. The molecule has 3 atom stereocenters. The van der Waals surface area contributed by atoms with Gasteiger partial charge in [-0.3, -0.25) is 14.3 Å². The SMILES string of the molecule is CC(=O)c1cnn([C@H]2CC[C@](C)(C(=O)O)[C@H](C)C2)c1C(F)(F)F. The predicted molar refractivity (Wildman–Crippen MR) is 75.0 cm³/mol. The van der Waals surface area contributed by atoms with E-state index in [2.05, 4.69) is 5.10 Å². The molecule has 8 heteroatoms. The van der Waals surface area contributed by atoms with E-state index in [4.69, 9.17) is 0 Å². The molecule has 1 fully saturated rings. The molecule has 1 aliphatic carbocycles. The third-order valence-corrected chi connectivity index (χ3v) is 4.99. The van der Waals surface area contributed by atoms with Crippen LogP contribution in [0.3, 0.4) is 0 Å². The first-order valence-corrected chi connectivity index (χ1v) is 7.37. The molecule has 0 unspecified atom stereocenters. The minimum Gasteiger partial charge on any atom is -0.481 e. The highest BCUT2D eigenvalue weighted by atomic mass is 19.4. The second kappa shape index (κ2) is 5.65. The van der Waals surface area contributed by atoms with Gasteiger partial charge in [0.05, 0.1) is 23.2 Å². The fourth-order valence-corrected chi connectivity index (χ4v) is 3.22. The molecule has 0 amide bonds. The molecule has 1 aromatic rings. The number of hydrogen-bond donors (Lipinski definition) is 1. The molecule has 0 radical (unpaired) electrons. The normalized spacial score (nSPS) is 28.6. The van der Waals surface area contributed by atoms with Gasteiger partial charge >= 0.3 is 12.1 Å². The maximum absolute atomic E-state index is 13.3. The van der Waals surface area contributed by atoms with E-state index in [1.54, 1.807) is 13.8 Å². The lowest BCUT2D eigenvalue weighted by Crippen LogP contribution is -2.40. The van der Waals surface area contributed by atoms with Crippen LogP contribution in [-0.4, -0.2) is 26.6 Å². The van der Waals surface area contributed by atoms with Crippen LogP contribution < -0.4 is 0 Å². The Bertz CT molecular complexity index is 638. The third kappa shape index (κ3) is 2.98. The van der Waals surface area contributed by atoms with Crippen molar-refractivity contribution in [3.63, 3.8) is 0 Å². The van der Waals surface area contributed by atoms with Crippen molar-refractivity contribution < 1.29 is 27.9 Å². The van der Waals surface area contributed by atoms with E-state index >= 15 is 0 Å². The van der Waals surface area contributed by atoms with Crippen molar-refractivity contribution in [2.75, 3.05) is 0 Å². The summed E-state index contributed by atoms with van der Waals surface area (Å²) in [5.74, 6) is -1.93. The van der Waals surface area contributed by atoms with E-state index in [0.29, 0.717) is 0 Å². The lowest BCUT2D eigenvalue weighted by atomic mass is 9.67. The van der Waals surface area contributed by atoms with E-state index in [1.807, 2.05) is 0 Å². The van der Waals surface area contributed by atoms with Gasteiger partial charge in [0.15, 0.2) is 11.5 Å². The highest BCUT2D eigenvalue weighted by molar-refractivity contribution is 5.95. The first-order valence-electron chi connectivity index (χ1n) is 7.37. The fraction of sp³-hybridized carbons (Fsp3) is 0.667. The lowest BCUT2D eigenvalue weighted by Gasteiger charge is -2.40. The molecule has 1 N–H and O–H groups in total. The molecule has 0 bridgehead atoms. The summed E-state index contributed by atoms with van der Waals surface area (Å²) in [5, 5.41) is 13.1. The second-order valence-corrected chi connectivity index (χ2v) is 6.46. The number of alkyl halides is 3. The number of carboxylic acid groups (broad SMARTS) is 1. The molecule has 0 aromatic carbocycles. The Kier molecular flexibility index (Phi) is 4.30. The number of rotatable bonds is 3.